The summed E-state index contributed by atoms with van der Waals surface area (Å²) in [5, 5.41) is 11.7. The zero-order chi connectivity index (χ0) is 14.4. The fraction of sp³-hybridized carbons (Fsp3) is 0.429. The number of amides is 1. The molecule has 0 radical (unpaired) electrons. The fourth-order valence-corrected chi connectivity index (χ4v) is 2.32. The second kappa shape index (κ2) is 7.19. The third-order valence-corrected chi connectivity index (χ3v) is 3.66. The van der Waals surface area contributed by atoms with Crippen molar-refractivity contribution in [2.45, 2.75) is 31.2 Å². The molecule has 0 aliphatic rings. The number of benzene rings is 1. The Balaban J connectivity index is 2.84. The Bertz CT molecular complexity index is 460. The molecular weight excluding hydrogens is 262 g/mol. The molecule has 0 spiro atoms. The highest BCUT2D eigenvalue weighted by atomic mass is 32.2. The maximum atomic E-state index is 12.2. The van der Waals surface area contributed by atoms with Crippen LogP contribution in [0.2, 0.25) is 0 Å². The molecule has 1 amide bonds. The number of aliphatic carboxylic acids is 1. The standard InChI is InChI=1S/C14H19NO3S/c1-9(2)11(8-13(16)17)15-14(18)10-6-4-5-7-12(10)19-3/h4-7,9,11H,8H2,1-3H3,(H,15,18)(H,16,17). The zero-order valence-electron chi connectivity index (χ0n) is 11.3. The minimum Gasteiger partial charge on any atom is -0.481 e. The van der Waals surface area contributed by atoms with Gasteiger partial charge in [-0.2, -0.15) is 0 Å². The van der Waals surface area contributed by atoms with Crippen molar-refractivity contribution in [3.63, 3.8) is 0 Å². The molecule has 0 saturated heterocycles. The predicted octanol–water partition coefficient (Wildman–Crippen LogP) is 2.64. The number of carboxylic acids is 1. The van der Waals surface area contributed by atoms with Gasteiger partial charge in [-0.05, 0) is 24.3 Å². The fourth-order valence-electron chi connectivity index (χ4n) is 1.72. The molecule has 1 aromatic rings. The second-order valence-corrected chi connectivity index (χ2v) is 5.47. The molecule has 1 rings (SSSR count). The summed E-state index contributed by atoms with van der Waals surface area (Å²) in [5.74, 6) is -1.05. The summed E-state index contributed by atoms with van der Waals surface area (Å²) in [6.45, 7) is 3.79. The van der Waals surface area contributed by atoms with Gasteiger partial charge < -0.3 is 10.4 Å². The van der Waals surface area contributed by atoms with E-state index in [4.69, 9.17) is 5.11 Å². The van der Waals surface area contributed by atoms with Crippen LogP contribution in [-0.4, -0.2) is 29.3 Å². The lowest BCUT2D eigenvalue weighted by Crippen LogP contribution is -2.40. The van der Waals surface area contributed by atoms with Gasteiger partial charge in [0.05, 0.1) is 12.0 Å². The first kappa shape index (κ1) is 15.6. The first-order valence-electron chi connectivity index (χ1n) is 6.11. The number of thioether (sulfide) groups is 1. The topological polar surface area (TPSA) is 66.4 Å². The van der Waals surface area contributed by atoms with Gasteiger partial charge in [0.25, 0.3) is 5.91 Å². The number of hydrogen-bond donors (Lipinski definition) is 2. The smallest absolute Gasteiger partial charge is 0.305 e. The van der Waals surface area contributed by atoms with Crippen molar-refractivity contribution >= 4 is 23.6 Å². The van der Waals surface area contributed by atoms with Gasteiger partial charge >= 0.3 is 5.97 Å². The molecule has 0 fully saturated rings. The van der Waals surface area contributed by atoms with Crippen LogP contribution in [0.4, 0.5) is 0 Å². The molecule has 5 heteroatoms. The number of hydrogen-bond acceptors (Lipinski definition) is 3. The normalized spacial score (nSPS) is 12.2. The van der Waals surface area contributed by atoms with Crippen molar-refractivity contribution in [1.82, 2.24) is 5.32 Å². The minimum absolute atomic E-state index is 0.0646. The molecule has 4 nitrogen and oxygen atoms in total. The maximum absolute atomic E-state index is 12.2. The summed E-state index contributed by atoms with van der Waals surface area (Å²) in [5.41, 5.74) is 0.589. The Morgan fingerprint density at radius 3 is 2.47 bits per heavy atom. The largest absolute Gasteiger partial charge is 0.481 e. The van der Waals surface area contributed by atoms with Gasteiger partial charge in [-0.1, -0.05) is 26.0 Å². The van der Waals surface area contributed by atoms with E-state index in [9.17, 15) is 9.59 Å². The van der Waals surface area contributed by atoms with E-state index in [1.165, 1.54) is 11.8 Å². The van der Waals surface area contributed by atoms with Crippen LogP contribution >= 0.6 is 11.8 Å². The van der Waals surface area contributed by atoms with Crippen LogP contribution in [0.15, 0.2) is 29.2 Å². The van der Waals surface area contributed by atoms with Crippen molar-refractivity contribution in [3.05, 3.63) is 29.8 Å². The monoisotopic (exact) mass is 281 g/mol. The molecule has 0 aliphatic heterocycles. The Morgan fingerprint density at radius 1 is 1.32 bits per heavy atom. The molecule has 1 aromatic carbocycles. The lowest BCUT2D eigenvalue weighted by molar-refractivity contribution is -0.137. The number of rotatable bonds is 6. The van der Waals surface area contributed by atoms with Crippen LogP contribution in [-0.2, 0) is 4.79 Å². The van der Waals surface area contributed by atoms with E-state index in [-0.39, 0.29) is 24.3 Å². The Hall–Kier alpha value is -1.49. The van der Waals surface area contributed by atoms with Crippen LogP contribution in [0, 0.1) is 5.92 Å². The van der Waals surface area contributed by atoms with E-state index in [1.54, 1.807) is 12.1 Å². The lowest BCUT2D eigenvalue weighted by Gasteiger charge is -2.21. The predicted molar refractivity (Wildman–Crippen MR) is 76.6 cm³/mol. The van der Waals surface area contributed by atoms with E-state index in [0.717, 1.165) is 4.90 Å². The summed E-state index contributed by atoms with van der Waals surface area (Å²) in [6.07, 6.45) is 1.84. The van der Waals surface area contributed by atoms with Gasteiger partial charge in [0.15, 0.2) is 0 Å². The van der Waals surface area contributed by atoms with Crippen molar-refractivity contribution in [2.75, 3.05) is 6.26 Å². The van der Waals surface area contributed by atoms with Crippen molar-refractivity contribution in [2.24, 2.45) is 5.92 Å². The maximum Gasteiger partial charge on any atom is 0.305 e. The summed E-state index contributed by atoms with van der Waals surface area (Å²) in [6, 6.07) is 6.94. The summed E-state index contributed by atoms with van der Waals surface area (Å²) in [7, 11) is 0. The van der Waals surface area contributed by atoms with Gasteiger partial charge in [-0.25, -0.2) is 0 Å². The first-order chi connectivity index (χ1) is 8.95. The molecule has 2 N–H and O–H groups in total. The quantitative estimate of drug-likeness (QED) is 0.787. The number of carbonyl (C=O) groups excluding carboxylic acids is 1. The summed E-state index contributed by atoms with van der Waals surface area (Å²) < 4.78 is 0. The number of carboxylic acid groups (broad SMARTS) is 1. The van der Waals surface area contributed by atoms with Crippen molar-refractivity contribution < 1.29 is 14.7 Å². The van der Waals surface area contributed by atoms with E-state index in [2.05, 4.69) is 5.32 Å². The molecule has 0 aromatic heterocycles. The molecule has 0 saturated carbocycles. The van der Waals surface area contributed by atoms with Gasteiger partial charge in [-0.15, -0.1) is 11.8 Å². The molecule has 1 unspecified atom stereocenters. The Kier molecular flexibility index (Phi) is 5.89. The van der Waals surface area contributed by atoms with Crippen LogP contribution in [0.3, 0.4) is 0 Å². The number of nitrogens with one attached hydrogen (secondary N) is 1. The van der Waals surface area contributed by atoms with Crippen LogP contribution in [0.5, 0.6) is 0 Å². The number of carbonyl (C=O) groups is 2. The van der Waals surface area contributed by atoms with Crippen molar-refractivity contribution in [3.8, 4) is 0 Å². The third kappa shape index (κ3) is 4.59. The van der Waals surface area contributed by atoms with Crippen LogP contribution in [0.1, 0.15) is 30.6 Å². The molecule has 1 atom stereocenters. The average molecular weight is 281 g/mol. The molecule has 0 heterocycles. The van der Waals surface area contributed by atoms with Gasteiger partial charge in [-0.3, -0.25) is 9.59 Å². The molecular formula is C14H19NO3S. The van der Waals surface area contributed by atoms with E-state index < -0.39 is 5.97 Å². The molecule has 0 bridgehead atoms. The van der Waals surface area contributed by atoms with Crippen LogP contribution < -0.4 is 5.32 Å². The highest BCUT2D eigenvalue weighted by Crippen LogP contribution is 2.20. The average Bonchev–Trinajstić information content (AvgIpc) is 2.37. The minimum atomic E-state index is -0.905. The molecule has 0 aliphatic carbocycles. The first-order valence-corrected chi connectivity index (χ1v) is 7.33. The summed E-state index contributed by atoms with van der Waals surface area (Å²) in [4.78, 5) is 23.9. The van der Waals surface area contributed by atoms with Crippen molar-refractivity contribution in [1.29, 1.82) is 0 Å². The van der Waals surface area contributed by atoms with Gasteiger partial charge in [0.2, 0.25) is 0 Å². The van der Waals surface area contributed by atoms with E-state index in [1.807, 2.05) is 32.2 Å². The van der Waals surface area contributed by atoms with Gasteiger partial charge in [0, 0.05) is 10.9 Å². The third-order valence-electron chi connectivity index (χ3n) is 2.87. The van der Waals surface area contributed by atoms with Crippen LogP contribution in [0.25, 0.3) is 0 Å². The zero-order valence-corrected chi connectivity index (χ0v) is 12.2. The molecule has 19 heavy (non-hydrogen) atoms. The highest BCUT2D eigenvalue weighted by molar-refractivity contribution is 7.98. The Morgan fingerprint density at radius 2 is 1.95 bits per heavy atom. The second-order valence-electron chi connectivity index (χ2n) is 4.62. The summed E-state index contributed by atoms with van der Waals surface area (Å²) >= 11 is 1.50. The van der Waals surface area contributed by atoms with Gasteiger partial charge in [0.1, 0.15) is 0 Å². The van der Waals surface area contributed by atoms with E-state index >= 15 is 0 Å². The van der Waals surface area contributed by atoms with E-state index in [0.29, 0.717) is 5.56 Å². The highest BCUT2D eigenvalue weighted by Gasteiger charge is 2.21. The molecule has 104 valence electrons. The lowest BCUT2D eigenvalue weighted by atomic mass is 10.0. The Labute approximate surface area is 117 Å². The SMILES string of the molecule is CSc1ccccc1C(=O)NC(CC(=O)O)C(C)C.